The zero-order chi connectivity index (χ0) is 16.3. The van der Waals surface area contributed by atoms with Crippen LogP contribution in [0, 0.1) is 0 Å². The third-order valence-corrected chi connectivity index (χ3v) is 4.01. The van der Waals surface area contributed by atoms with Crippen LogP contribution >= 0.6 is 15.9 Å². The first-order chi connectivity index (χ1) is 10.3. The molecule has 0 bridgehead atoms. The lowest BCUT2D eigenvalue weighted by Crippen LogP contribution is -2.51. The number of nitrogens with zero attached hydrogens (tertiary/aromatic N) is 2. The SMILES string of the molecule is CC(C)(C)OC(=O)N1CCN(C(=O)c2ccccc2Br)CC1. The number of amides is 2. The van der Waals surface area contributed by atoms with Crippen LogP contribution in [-0.2, 0) is 4.74 Å². The van der Waals surface area contributed by atoms with Gasteiger partial charge in [-0.1, -0.05) is 12.1 Å². The van der Waals surface area contributed by atoms with Gasteiger partial charge in [0.1, 0.15) is 5.60 Å². The molecular weight excluding hydrogens is 348 g/mol. The Hall–Kier alpha value is -1.56. The summed E-state index contributed by atoms with van der Waals surface area (Å²) >= 11 is 3.40. The standard InChI is InChI=1S/C16H21BrN2O3/c1-16(2,3)22-15(21)19-10-8-18(9-11-19)14(20)12-6-4-5-7-13(12)17/h4-7H,8-11H2,1-3H3. The lowest BCUT2D eigenvalue weighted by Gasteiger charge is -2.35. The fourth-order valence-electron chi connectivity index (χ4n) is 2.22. The number of halogens is 1. The molecule has 1 aromatic carbocycles. The van der Waals surface area contributed by atoms with Crippen LogP contribution in [-0.4, -0.2) is 53.6 Å². The minimum atomic E-state index is -0.501. The van der Waals surface area contributed by atoms with Crippen LogP contribution in [0.4, 0.5) is 4.79 Å². The summed E-state index contributed by atoms with van der Waals surface area (Å²) in [6.07, 6.45) is -0.319. The molecule has 1 saturated heterocycles. The second-order valence-electron chi connectivity index (χ2n) is 6.24. The number of hydrogen-bond acceptors (Lipinski definition) is 3. The molecule has 0 aliphatic carbocycles. The highest BCUT2D eigenvalue weighted by molar-refractivity contribution is 9.10. The molecule has 6 heteroatoms. The van der Waals surface area contributed by atoms with Gasteiger partial charge in [-0.2, -0.15) is 0 Å². The van der Waals surface area contributed by atoms with Gasteiger partial charge in [-0.3, -0.25) is 4.79 Å². The first kappa shape index (κ1) is 16.8. The summed E-state index contributed by atoms with van der Waals surface area (Å²) in [6, 6.07) is 7.37. The van der Waals surface area contributed by atoms with Gasteiger partial charge in [-0.15, -0.1) is 0 Å². The van der Waals surface area contributed by atoms with Gasteiger partial charge in [0, 0.05) is 30.7 Å². The summed E-state index contributed by atoms with van der Waals surface area (Å²) in [7, 11) is 0. The monoisotopic (exact) mass is 368 g/mol. The van der Waals surface area contributed by atoms with Gasteiger partial charge in [0.2, 0.25) is 0 Å². The molecule has 22 heavy (non-hydrogen) atoms. The fraction of sp³-hybridized carbons (Fsp3) is 0.500. The maximum atomic E-state index is 12.5. The van der Waals surface area contributed by atoms with E-state index in [1.54, 1.807) is 15.9 Å². The molecule has 0 spiro atoms. The highest BCUT2D eigenvalue weighted by atomic mass is 79.9. The van der Waals surface area contributed by atoms with E-state index in [1.165, 1.54) is 0 Å². The highest BCUT2D eigenvalue weighted by Crippen LogP contribution is 2.19. The highest BCUT2D eigenvalue weighted by Gasteiger charge is 2.28. The molecule has 1 heterocycles. The maximum Gasteiger partial charge on any atom is 0.410 e. The molecule has 0 atom stereocenters. The van der Waals surface area contributed by atoms with Crippen molar-refractivity contribution in [3.05, 3.63) is 34.3 Å². The summed E-state index contributed by atoms with van der Waals surface area (Å²) in [4.78, 5) is 27.9. The average molecular weight is 369 g/mol. The predicted molar refractivity (Wildman–Crippen MR) is 87.9 cm³/mol. The first-order valence-electron chi connectivity index (χ1n) is 7.29. The molecule has 0 radical (unpaired) electrons. The molecule has 0 N–H and O–H groups in total. The Morgan fingerprint density at radius 2 is 1.59 bits per heavy atom. The van der Waals surface area contributed by atoms with E-state index >= 15 is 0 Å². The van der Waals surface area contributed by atoms with Gasteiger partial charge in [0.25, 0.3) is 5.91 Å². The van der Waals surface area contributed by atoms with Crippen LogP contribution in [0.15, 0.2) is 28.7 Å². The Balaban J connectivity index is 1.94. The Morgan fingerprint density at radius 1 is 1.05 bits per heavy atom. The quantitative estimate of drug-likeness (QED) is 0.764. The van der Waals surface area contributed by atoms with Crippen molar-refractivity contribution < 1.29 is 14.3 Å². The number of rotatable bonds is 1. The summed E-state index contributed by atoms with van der Waals surface area (Å²) < 4.78 is 6.14. The van der Waals surface area contributed by atoms with Gasteiger partial charge in [0.15, 0.2) is 0 Å². The minimum Gasteiger partial charge on any atom is -0.444 e. The number of carbonyl (C=O) groups excluding carboxylic acids is 2. The molecule has 0 aromatic heterocycles. The fourth-order valence-corrected chi connectivity index (χ4v) is 2.68. The topological polar surface area (TPSA) is 49.9 Å². The molecule has 1 aromatic rings. The Kier molecular flexibility index (Phi) is 5.11. The number of benzene rings is 1. The van der Waals surface area contributed by atoms with Crippen molar-refractivity contribution in [3.63, 3.8) is 0 Å². The Morgan fingerprint density at radius 3 is 2.14 bits per heavy atom. The van der Waals surface area contributed by atoms with E-state index in [4.69, 9.17) is 4.74 Å². The molecule has 1 aliphatic rings. The van der Waals surface area contributed by atoms with Crippen LogP contribution in [0.5, 0.6) is 0 Å². The zero-order valence-corrected chi connectivity index (χ0v) is 14.7. The van der Waals surface area contributed by atoms with Crippen molar-refractivity contribution >= 4 is 27.9 Å². The average Bonchev–Trinajstić information content (AvgIpc) is 2.45. The van der Waals surface area contributed by atoms with Crippen LogP contribution in [0.3, 0.4) is 0 Å². The van der Waals surface area contributed by atoms with E-state index in [0.29, 0.717) is 31.7 Å². The van der Waals surface area contributed by atoms with E-state index in [1.807, 2.05) is 39.0 Å². The van der Waals surface area contributed by atoms with Crippen molar-refractivity contribution in [1.29, 1.82) is 0 Å². The molecular formula is C16H21BrN2O3. The van der Waals surface area contributed by atoms with E-state index < -0.39 is 5.60 Å². The molecule has 5 nitrogen and oxygen atoms in total. The van der Waals surface area contributed by atoms with Crippen molar-refractivity contribution in [2.24, 2.45) is 0 Å². The second kappa shape index (κ2) is 6.69. The first-order valence-corrected chi connectivity index (χ1v) is 8.09. The zero-order valence-electron chi connectivity index (χ0n) is 13.1. The van der Waals surface area contributed by atoms with Gasteiger partial charge in [-0.25, -0.2) is 4.79 Å². The van der Waals surface area contributed by atoms with Crippen LogP contribution in [0.25, 0.3) is 0 Å². The van der Waals surface area contributed by atoms with Crippen LogP contribution in [0.2, 0.25) is 0 Å². The van der Waals surface area contributed by atoms with Crippen molar-refractivity contribution in [2.75, 3.05) is 26.2 Å². The number of hydrogen-bond donors (Lipinski definition) is 0. The molecule has 2 rings (SSSR count). The molecule has 2 amide bonds. The predicted octanol–water partition coefficient (Wildman–Crippen LogP) is 3.14. The van der Waals surface area contributed by atoms with E-state index in [-0.39, 0.29) is 12.0 Å². The molecule has 120 valence electrons. The third kappa shape index (κ3) is 4.22. The van der Waals surface area contributed by atoms with Crippen molar-refractivity contribution in [2.45, 2.75) is 26.4 Å². The summed E-state index contributed by atoms with van der Waals surface area (Å²) in [5.41, 5.74) is 0.145. The summed E-state index contributed by atoms with van der Waals surface area (Å²) in [6.45, 7) is 7.54. The maximum absolute atomic E-state index is 12.5. The lowest BCUT2D eigenvalue weighted by molar-refractivity contribution is 0.0141. The molecule has 0 unspecified atom stereocenters. The third-order valence-electron chi connectivity index (χ3n) is 3.32. The van der Waals surface area contributed by atoms with E-state index in [9.17, 15) is 9.59 Å². The molecule has 1 fully saturated rings. The number of ether oxygens (including phenoxy) is 1. The van der Waals surface area contributed by atoms with Gasteiger partial charge >= 0.3 is 6.09 Å². The summed E-state index contributed by atoms with van der Waals surface area (Å²) in [5.74, 6) is -0.0173. The van der Waals surface area contributed by atoms with Crippen LogP contribution < -0.4 is 0 Å². The largest absolute Gasteiger partial charge is 0.444 e. The Bertz CT molecular complexity index is 561. The van der Waals surface area contributed by atoms with E-state index in [2.05, 4.69) is 15.9 Å². The lowest BCUT2D eigenvalue weighted by atomic mass is 10.2. The summed E-state index contributed by atoms with van der Waals surface area (Å²) in [5, 5.41) is 0. The molecule has 1 aliphatic heterocycles. The second-order valence-corrected chi connectivity index (χ2v) is 7.09. The smallest absolute Gasteiger partial charge is 0.410 e. The molecule has 0 saturated carbocycles. The van der Waals surface area contributed by atoms with E-state index in [0.717, 1.165) is 4.47 Å². The van der Waals surface area contributed by atoms with Gasteiger partial charge < -0.3 is 14.5 Å². The van der Waals surface area contributed by atoms with Crippen LogP contribution in [0.1, 0.15) is 31.1 Å². The Labute approximate surface area is 139 Å². The van der Waals surface area contributed by atoms with Crippen molar-refractivity contribution in [1.82, 2.24) is 9.80 Å². The van der Waals surface area contributed by atoms with Crippen molar-refractivity contribution in [3.8, 4) is 0 Å². The van der Waals surface area contributed by atoms with Gasteiger partial charge in [-0.05, 0) is 48.8 Å². The number of piperazine rings is 1. The number of carbonyl (C=O) groups is 2. The van der Waals surface area contributed by atoms with Gasteiger partial charge in [0.05, 0.1) is 5.56 Å². The minimum absolute atomic E-state index is 0.0173. The normalized spacial score (nSPS) is 15.6.